The molecule has 0 aromatic heterocycles. The summed E-state index contributed by atoms with van der Waals surface area (Å²) in [4.78, 5) is 99.6. The predicted octanol–water partition coefficient (Wildman–Crippen LogP) is 5.55. The van der Waals surface area contributed by atoms with E-state index in [1.807, 2.05) is 52.0 Å². The maximum Gasteiger partial charge on any atom is 0.373 e. The number of ether oxygens (including phenoxy) is 12. The van der Waals surface area contributed by atoms with Crippen molar-refractivity contribution in [2.75, 3.05) is 34.3 Å². The first-order valence-electron chi connectivity index (χ1n) is 29.8. The van der Waals surface area contributed by atoms with Crippen molar-refractivity contribution in [3.05, 3.63) is 106 Å². The van der Waals surface area contributed by atoms with Crippen LogP contribution in [-0.4, -0.2) is 166 Å². The largest absolute Gasteiger partial charge is 0.482 e. The molecule has 4 saturated heterocycles. The van der Waals surface area contributed by atoms with Gasteiger partial charge in [0.15, 0.2) is 47.8 Å². The number of hydrogen-bond donors (Lipinski definition) is 0. The Labute approximate surface area is 502 Å². The first kappa shape index (κ1) is 60.0. The zero-order valence-electron chi connectivity index (χ0n) is 50.1. The summed E-state index contributed by atoms with van der Waals surface area (Å²) in [5.41, 5.74) is 3.46. The van der Waals surface area contributed by atoms with E-state index in [1.165, 1.54) is 52.1 Å². The van der Waals surface area contributed by atoms with Gasteiger partial charge in [0.1, 0.15) is 36.6 Å². The number of likely N-dealkylation sites (tertiary alicyclic amines) is 2. The van der Waals surface area contributed by atoms with E-state index < -0.39 is 114 Å². The maximum absolute atomic E-state index is 14.2. The van der Waals surface area contributed by atoms with Gasteiger partial charge in [-0.2, -0.15) is 9.59 Å². The molecule has 4 aliphatic carbocycles. The highest BCUT2D eigenvalue weighted by Crippen LogP contribution is 2.65. The fourth-order valence-electron chi connectivity index (χ4n) is 16.1. The number of methoxy groups -OCH3 is 1. The number of esters is 6. The Kier molecular flexibility index (Phi) is 15.9. The van der Waals surface area contributed by atoms with Crippen LogP contribution in [0.3, 0.4) is 0 Å². The minimum atomic E-state index is -1.21. The van der Waals surface area contributed by atoms with Gasteiger partial charge in [-0.15, -0.1) is 0 Å². The van der Waals surface area contributed by atoms with Crippen molar-refractivity contribution in [3.63, 3.8) is 0 Å². The lowest BCUT2D eigenvalue weighted by Gasteiger charge is -2.57. The fraction of sp³-hybridized carbons (Fsp3) is 0.554. The maximum atomic E-state index is 14.2. The van der Waals surface area contributed by atoms with Crippen LogP contribution < -0.4 is 18.9 Å². The molecule has 2 spiro atoms. The highest BCUT2D eigenvalue weighted by molar-refractivity contribution is 5.95. The second-order valence-corrected chi connectivity index (χ2v) is 24.9. The van der Waals surface area contributed by atoms with Crippen LogP contribution in [0, 0.1) is 29.6 Å². The Bertz CT molecular complexity index is 3380. The van der Waals surface area contributed by atoms with Gasteiger partial charge in [-0.3, -0.25) is 14.4 Å². The minimum Gasteiger partial charge on any atom is -0.482 e. The molecule has 13 rings (SSSR count). The molecule has 22 nitrogen and oxygen atoms in total. The van der Waals surface area contributed by atoms with Crippen molar-refractivity contribution in [1.82, 2.24) is 9.80 Å². The molecule has 87 heavy (non-hydrogen) atoms. The van der Waals surface area contributed by atoms with Gasteiger partial charge < -0.3 is 66.6 Å². The van der Waals surface area contributed by atoms with Gasteiger partial charge in [0.2, 0.25) is 0 Å². The van der Waals surface area contributed by atoms with Crippen molar-refractivity contribution >= 4 is 42.0 Å². The van der Waals surface area contributed by atoms with E-state index in [9.17, 15) is 28.8 Å². The van der Waals surface area contributed by atoms with E-state index in [4.69, 9.17) is 66.4 Å². The monoisotopic (exact) mass is 1200 g/mol. The van der Waals surface area contributed by atoms with Crippen molar-refractivity contribution < 1.29 is 95.2 Å². The third kappa shape index (κ3) is 9.86. The number of likely N-dealkylation sites (N-methyl/N-ethyl adjacent to an activating group) is 2. The molecule has 4 fully saturated rings. The fourth-order valence-corrected chi connectivity index (χ4v) is 16.1. The number of hydrogen-bond acceptors (Lipinski definition) is 22. The summed E-state index contributed by atoms with van der Waals surface area (Å²) in [6.45, 7) is 13.0. The van der Waals surface area contributed by atoms with E-state index >= 15 is 0 Å². The van der Waals surface area contributed by atoms with Crippen LogP contribution in [0.1, 0.15) is 104 Å². The van der Waals surface area contributed by atoms with Crippen molar-refractivity contribution in [3.8, 4) is 23.0 Å². The van der Waals surface area contributed by atoms with E-state index in [-0.39, 0.29) is 70.5 Å². The lowest BCUT2D eigenvalue weighted by molar-refractivity contribution is -0.301. The molecule has 6 aliphatic heterocycles. The molecule has 0 radical (unpaired) electrons. The van der Waals surface area contributed by atoms with Crippen molar-refractivity contribution in [2.24, 2.45) is 29.6 Å². The van der Waals surface area contributed by atoms with E-state index in [1.54, 1.807) is 12.1 Å². The van der Waals surface area contributed by atoms with Gasteiger partial charge in [0.25, 0.3) is 0 Å². The van der Waals surface area contributed by atoms with Crippen LogP contribution >= 0.6 is 0 Å². The molecule has 0 amide bonds. The molecule has 10 aliphatic rings. The van der Waals surface area contributed by atoms with Crippen LogP contribution in [-0.2, 0) is 90.3 Å². The Morgan fingerprint density at radius 3 is 1.47 bits per heavy atom. The molecule has 8 unspecified atom stereocenters. The van der Waals surface area contributed by atoms with Crippen LogP contribution in [0.15, 0.2) is 72.8 Å². The second-order valence-electron chi connectivity index (χ2n) is 24.9. The highest BCUT2D eigenvalue weighted by Gasteiger charge is 2.67. The van der Waals surface area contributed by atoms with Gasteiger partial charge in [-0.25, -0.2) is 14.4 Å². The lowest BCUT2D eigenvalue weighted by atomic mass is 9.53. The summed E-state index contributed by atoms with van der Waals surface area (Å²) >= 11 is 0. The van der Waals surface area contributed by atoms with E-state index in [0.29, 0.717) is 11.5 Å². The number of rotatable bonds is 12. The molecule has 4 bridgehead atoms. The summed E-state index contributed by atoms with van der Waals surface area (Å²) in [5, 5.41) is 0. The van der Waals surface area contributed by atoms with E-state index in [0.717, 1.165) is 61.0 Å². The van der Waals surface area contributed by atoms with Gasteiger partial charge >= 0.3 is 42.0 Å². The Balaban J connectivity index is 0.00000241. The topological polar surface area (TPSA) is 254 Å². The summed E-state index contributed by atoms with van der Waals surface area (Å²) in [5.74, 6) is -3.06. The zero-order valence-corrected chi connectivity index (χ0v) is 50.1. The molecule has 0 N–H and O–H groups in total. The average molecular weight is 1200 g/mol. The second kappa shape index (κ2) is 23.0. The van der Waals surface area contributed by atoms with Crippen LogP contribution in [0.2, 0.25) is 0 Å². The molecule has 0 saturated carbocycles. The number of carbonyl (C=O) groups is 6. The Hall–Kier alpha value is -7.30. The lowest BCUT2D eigenvalue weighted by Crippen LogP contribution is -2.66. The smallest absolute Gasteiger partial charge is 0.373 e. The van der Waals surface area contributed by atoms with Crippen molar-refractivity contribution in [2.45, 2.75) is 165 Å². The zero-order chi connectivity index (χ0) is 61.7. The highest BCUT2D eigenvalue weighted by atomic mass is 16.7. The molecular weight excluding hydrogens is 1130 g/mol. The summed E-state index contributed by atoms with van der Waals surface area (Å²) in [6, 6.07) is 14.0. The molecule has 6 heterocycles. The first-order chi connectivity index (χ1) is 41.6. The van der Waals surface area contributed by atoms with E-state index in [2.05, 4.69) is 36.0 Å². The molecule has 3 aromatic rings. The normalized spacial score (nSPS) is 36.8. The molecular formula is C65H72N2O20. The predicted molar refractivity (Wildman–Crippen MR) is 300 cm³/mol. The molecule has 462 valence electrons. The average Bonchev–Trinajstić information content (AvgIpc) is 1.60. The quantitative estimate of drug-likeness (QED) is 0.0932. The van der Waals surface area contributed by atoms with Gasteiger partial charge in [-0.05, 0) is 107 Å². The summed E-state index contributed by atoms with van der Waals surface area (Å²) < 4.78 is 75.3. The number of carbonyl (C=O) groups excluding carboxylic acids is 8. The summed E-state index contributed by atoms with van der Waals surface area (Å²) in [7, 11) is 5.54. The Morgan fingerprint density at radius 1 is 0.563 bits per heavy atom. The van der Waals surface area contributed by atoms with Gasteiger partial charge in [-0.1, -0.05) is 57.2 Å². The Morgan fingerprint density at radius 2 is 1.01 bits per heavy atom. The first-order valence-corrected chi connectivity index (χ1v) is 29.8. The third-order valence-corrected chi connectivity index (χ3v) is 20.5. The number of benzene rings is 3. The standard InChI is InChI=1S/C64H72N2O18.CO2/c1-29-30(2)61(84-54(60(72)73-10)50(29)75-33(5)67)80-46-21-17-40-42-27-38-15-19-44(52-48(38)63(40,56(46)82-52)23-25-65(42)8)78-58(70)36-11-13-37(14-12-36)59(71)79-45-20-16-39-28-43-41-18-22-47(57-64(41,24-26-66(43)9)49(39)53(45)83-57)81-62-55(77-35(7)69)51(76-34(6)68)31(3)32(4)74-62;2-1-3/h11-22,29-32,40-43,46-47,50-51,54-57,61-62H,23-28H2,1-10H3;/t29-,30?,31+,32?,40?,41?,42+,43+,46?,47?,50+,51-,54?,55?,56-,57-,61-,62-,63-,64-;/m0./s1. The molecule has 22 heteroatoms. The summed E-state index contributed by atoms with van der Waals surface area (Å²) in [6.07, 6.45) is 2.76. The van der Waals surface area contributed by atoms with Crippen LogP contribution in [0.5, 0.6) is 23.0 Å². The third-order valence-electron chi connectivity index (χ3n) is 20.5. The minimum absolute atomic E-state index is 0.0359. The van der Waals surface area contributed by atoms with Crippen molar-refractivity contribution in [1.29, 1.82) is 0 Å². The van der Waals surface area contributed by atoms with Crippen LogP contribution in [0.4, 0.5) is 0 Å². The van der Waals surface area contributed by atoms with Crippen LogP contribution in [0.25, 0.3) is 0 Å². The molecule has 20 atom stereocenters. The number of nitrogens with zero attached hydrogens (tertiary/aromatic N) is 2. The molecule has 3 aromatic carbocycles. The number of piperidine rings is 2. The SMILES string of the molecule is COC(=O)C1O[C@H](OC2C=CC3[C@H]4Cc5ccc(OC(=O)c6ccc(C(=O)Oc7ccc8c9c7O[C@H]7C(O[C@@H]%10OC(C)[C@@H](C)[C@H](OC(C)=O)C%10OC(C)=O)C=CC%10[C@@H](C8)N(C)CC[C@@]9%107)cc6)c6c5[C@@]3(CCN4C)[C@H]2O6)C(C)[C@H](C)[C@H]1OC(C)=O.O=C=O. The van der Waals surface area contributed by atoms with Gasteiger partial charge in [0, 0.05) is 84.4 Å². The van der Waals surface area contributed by atoms with Gasteiger partial charge in [0.05, 0.1) is 24.3 Å².